The van der Waals surface area contributed by atoms with Crippen LogP contribution in [0.5, 0.6) is 0 Å². The topological polar surface area (TPSA) is 94.2 Å². The van der Waals surface area contributed by atoms with Gasteiger partial charge in [0.15, 0.2) is 0 Å². The lowest BCUT2D eigenvalue weighted by atomic mass is 10.1. The number of carbonyl (C=O) groups is 3. The summed E-state index contributed by atoms with van der Waals surface area (Å²) >= 11 is 0. The molecule has 1 heterocycles. The Balaban J connectivity index is 1.50. The van der Waals surface area contributed by atoms with E-state index < -0.39 is 35.2 Å². The largest absolute Gasteiger partial charge is 0.460 e. The first kappa shape index (κ1) is 27.6. The molecule has 1 aliphatic carbocycles. The molecule has 4 unspecified atom stereocenters. The molecule has 0 aromatic heterocycles. The van der Waals surface area contributed by atoms with Gasteiger partial charge in [-0.25, -0.2) is 9.59 Å². The Morgan fingerprint density at radius 3 is 2.58 bits per heavy atom. The third-order valence-corrected chi connectivity index (χ3v) is 7.19. The standard InChI is InChI=1S/C30H38N2O6/c1-6-15-36-27(34)30(17-22(30)7-2)31-26(33)25-16-23(18-32(25)28(35)38-29(3,4)5)37-19-21-13-10-12-20-11-8-9-14-24(20)21/h6,8-14,22-23,25H,1,7,15-19H2,2-5H3,(H,31,33). The number of fused-ring (bicyclic) bond motifs is 1. The molecule has 0 spiro atoms. The number of carbonyl (C=O) groups excluding carboxylic acids is 3. The van der Waals surface area contributed by atoms with Crippen LogP contribution in [-0.2, 0) is 30.4 Å². The number of likely N-dealkylation sites (tertiary alicyclic amines) is 1. The lowest BCUT2D eigenvalue weighted by Gasteiger charge is -2.29. The number of ether oxygens (including phenoxy) is 3. The maximum Gasteiger partial charge on any atom is 0.411 e. The summed E-state index contributed by atoms with van der Waals surface area (Å²) in [7, 11) is 0. The maximum atomic E-state index is 13.6. The van der Waals surface area contributed by atoms with E-state index in [0.717, 1.165) is 22.8 Å². The molecule has 1 N–H and O–H groups in total. The number of hydrogen-bond acceptors (Lipinski definition) is 6. The van der Waals surface area contributed by atoms with Crippen molar-refractivity contribution >= 4 is 28.7 Å². The lowest BCUT2D eigenvalue weighted by Crippen LogP contribution is -2.54. The molecular weight excluding hydrogens is 484 g/mol. The lowest BCUT2D eigenvalue weighted by molar-refractivity contribution is -0.149. The normalized spacial score (nSPS) is 24.6. The summed E-state index contributed by atoms with van der Waals surface area (Å²) in [6.07, 6.45) is 2.06. The highest BCUT2D eigenvalue weighted by atomic mass is 16.6. The van der Waals surface area contributed by atoms with Crippen molar-refractivity contribution in [3.63, 3.8) is 0 Å². The summed E-state index contributed by atoms with van der Waals surface area (Å²) in [4.78, 5) is 40.9. The van der Waals surface area contributed by atoms with Crippen LogP contribution in [0.4, 0.5) is 4.79 Å². The van der Waals surface area contributed by atoms with Crippen molar-refractivity contribution in [1.82, 2.24) is 10.2 Å². The number of rotatable bonds is 9. The zero-order valence-corrected chi connectivity index (χ0v) is 22.7. The molecule has 204 valence electrons. The highest BCUT2D eigenvalue weighted by Crippen LogP contribution is 2.47. The van der Waals surface area contributed by atoms with Gasteiger partial charge < -0.3 is 19.5 Å². The van der Waals surface area contributed by atoms with E-state index in [-0.39, 0.29) is 25.2 Å². The minimum atomic E-state index is -1.07. The Bertz CT molecular complexity index is 1200. The van der Waals surface area contributed by atoms with E-state index in [2.05, 4.69) is 30.1 Å². The molecule has 38 heavy (non-hydrogen) atoms. The van der Waals surface area contributed by atoms with Crippen molar-refractivity contribution in [1.29, 1.82) is 0 Å². The SMILES string of the molecule is C=CCOC(=O)C1(NC(=O)C2CC(OCc3cccc4ccccc34)CN2C(=O)OC(C)(C)C)CC1CC. The molecule has 2 aliphatic rings. The molecule has 1 saturated heterocycles. The molecular formula is C30H38N2O6. The Morgan fingerprint density at radius 1 is 1.16 bits per heavy atom. The number of nitrogens with one attached hydrogen (secondary N) is 1. The van der Waals surface area contributed by atoms with Gasteiger partial charge in [0.05, 0.1) is 19.3 Å². The minimum absolute atomic E-state index is 0.0152. The molecule has 0 radical (unpaired) electrons. The Hall–Kier alpha value is -3.39. The van der Waals surface area contributed by atoms with E-state index in [1.165, 1.54) is 11.0 Å². The highest BCUT2D eigenvalue weighted by Gasteiger charge is 2.62. The fourth-order valence-electron chi connectivity index (χ4n) is 5.16. The smallest absolute Gasteiger partial charge is 0.411 e. The first-order valence-electron chi connectivity index (χ1n) is 13.3. The summed E-state index contributed by atoms with van der Waals surface area (Å²) in [5.74, 6) is -0.889. The third kappa shape index (κ3) is 6.01. The molecule has 4 rings (SSSR count). The molecule has 2 fully saturated rings. The van der Waals surface area contributed by atoms with Crippen LogP contribution in [0.3, 0.4) is 0 Å². The number of benzene rings is 2. The van der Waals surface area contributed by atoms with E-state index in [9.17, 15) is 14.4 Å². The zero-order chi connectivity index (χ0) is 27.5. The van der Waals surface area contributed by atoms with Gasteiger partial charge in [0.2, 0.25) is 5.91 Å². The van der Waals surface area contributed by atoms with Crippen molar-refractivity contribution in [3.05, 3.63) is 60.7 Å². The summed E-state index contributed by atoms with van der Waals surface area (Å²) < 4.78 is 17.1. The van der Waals surface area contributed by atoms with Crippen molar-refractivity contribution in [2.24, 2.45) is 5.92 Å². The fourth-order valence-corrected chi connectivity index (χ4v) is 5.16. The van der Waals surface area contributed by atoms with E-state index in [0.29, 0.717) is 19.4 Å². The van der Waals surface area contributed by atoms with Gasteiger partial charge in [-0.05, 0) is 49.4 Å². The monoisotopic (exact) mass is 522 g/mol. The number of nitrogens with zero attached hydrogens (tertiary/aromatic N) is 1. The number of hydrogen-bond donors (Lipinski definition) is 1. The van der Waals surface area contributed by atoms with Crippen LogP contribution >= 0.6 is 0 Å². The first-order chi connectivity index (χ1) is 18.1. The minimum Gasteiger partial charge on any atom is -0.460 e. The van der Waals surface area contributed by atoms with Crippen LogP contribution in [0.2, 0.25) is 0 Å². The van der Waals surface area contributed by atoms with Crippen LogP contribution < -0.4 is 5.32 Å². The van der Waals surface area contributed by atoms with Gasteiger partial charge in [-0.1, -0.05) is 68.5 Å². The third-order valence-electron chi connectivity index (χ3n) is 7.19. The van der Waals surface area contributed by atoms with Crippen LogP contribution in [0, 0.1) is 5.92 Å². The van der Waals surface area contributed by atoms with E-state index >= 15 is 0 Å². The second kappa shape index (κ2) is 11.2. The van der Waals surface area contributed by atoms with Crippen LogP contribution in [-0.4, -0.2) is 59.3 Å². The predicted octanol–water partition coefficient (Wildman–Crippen LogP) is 4.75. The van der Waals surface area contributed by atoms with Gasteiger partial charge in [0.25, 0.3) is 0 Å². The van der Waals surface area contributed by atoms with Crippen molar-refractivity contribution in [2.75, 3.05) is 13.2 Å². The van der Waals surface area contributed by atoms with Crippen LogP contribution in [0.15, 0.2) is 55.1 Å². The summed E-state index contributed by atoms with van der Waals surface area (Å²) in [5.41, 5.74) is -0.761. The molecule has 2 amide bonds. The van der Waals surface area contributed by atoms with Crippen molar-refractivity contribution in [2.45, 2.75) is 76.9 Å². The van der Waals surface area contributed by atoms with Gasteiger partial charge in [0.1, 0.15) is 23.8 Å². The second-order valence-electron chi connectivity index (χ2n) is 11.1. The van der Waals surface area contributed by atoms with Gasteiger partial charge in [0, 0.05) is 6.42 Å². The summed E-state index contributed by atoms with van der Waals surface area (Å²) in [6, 6.07) is 13.3. The Labute approximate surface area is 224 Å². The predicted molar refractivity (Wildman–Crippen MR) is 144 cm³/mol. The Kier molecular flexibility index (Phi) is 8.11. The number of esters is 1. The van der Waals surface area contributed by atoms with Crippen LogP contribution in [0.1, 0.15) is 52.5 Å². The van der Waals surface area contributed by atoms with E-state index in [1.807, 2.05) is 31.2 Å². The number of amides is 2. The molecule has 8 nitrogen and oxygen atoms in total. The van der Waals surface area contributed by atoms with Gasteiger partial charge >= 0.3 is 12.1 Å². The maximum absolute atomic E-state index is 13.6. The van der Waals surface area contributed by atoms with E-state index in [1.54, 1.807) is 20.8 Å². The average Bonchev–Trinajstić information content (AvgIpc) is 3.42. The highest BCUT2D eigenvalue weighted by molar-refractivity contribution is 5.94. The molecule has 2 aromatic rings. The van der Waals surface area contributed by atoms with E-state index in [4.69, 9.17) is 14.2 Å². The quantitative estimate of drug-likeness (QED) is 0.377. The fraction of sp³-hybridized carbons (Fsp3) is 0.500. The van der Waals surface area contributed by atoms with Gasteiger partial charge in [-0.2, -0.15) is 0 Å². The van der Waals surface area contributed by atoms with Gasteiger partial charge in [-0.15, -0.1) is 0 Å². The molecule has 1 aliphatic heterocycles. The summed E-state index contributed by atoms with van der Waals surface area (Å²) in [6.45, 7) is 11.5. The molecule has 1 saturated carbocycles. The van der Waals surface area contributed by atoms with Crippen LogP contribution in [0.25, 0.3) is 10.8 Å². The molecule has 0 bridgehead atoms. The van der Waals surface area contributed by atoms with Crippen molar-refractivity contribution < 1.29 is 28.6 Å². The van der Waals surface area contributed by atoms with Gasteiger partial charge in [-0.3, -0.25) is 9.69 Å². The molecule has 2 aromatic carbocycles. The average molecular weight is 523 g/mol. The summed E-state index contributed by atoms with van der Waals surface area (Å²) in [5, 5.41) is 5.16. The zero-order valence-electron chi connectivity index (χ0n) is 22.7. The Morgan fingerprint density at radius 2 is 1.89 bits per heavy atom. The molecule has 4 atom stereocenters. The first-order valence-corrected chi connectivity index (χ1v) is 13.3. The molecule has 8 heteroatoms. The van der Waals surface area contributed by atoms with Crippen molar-refractivity contribution in [3.8, 4) is 0 Å². The second-order valence-corrected chi connectivity index (χ2v) is 11.1.